The summed E-state index contributed by atoms with van der Waals surface area (Å²) in [6, 6.07) is 7.48. The number of rotatable bonds is 5. The summed E-state index contributed by atoms with van der Waals surface area (Å²) >= 11 is 0. The van der Waals surface area contributed by atoms with E-state index in [1.807, 2.05) is 24.3 Å². The number of likely N-dealkylation sites (tertiary alicyclic amines) is 1. The SMILES string of the molecule is COCc1ccc(C(=O)N[C@@H]2CCCC[C@@H](N3CCCC3)[C@@H]2O)cc1. The van der Waals surface area contributed by atoms with Crippen molar-refractivity contribution in [1.82, 2.24) is 10.2 Å². The van der Waals surface area contributed by atoms with Crippen molar-refractivity contribution in [2.24, 2.45) is 0 Å². The lowest BCUT2D eigenvalue weighted by atomic mass is 10.00. The van der Waals surface area contributed by atoms with Gasteiger partial charge in [0.25, 0.3) is 5.91 Å². The topological polar surface area (TPSA) is 61.8 Å². The summed E-state index contributed by atoms with van der Waals surface area (Å²) in [4.78, 5) is 15.0. The predicted octanol–water partition coefficient (Wildman–Crippen LogP) is 2.33. The number of aliphatic hydroxyl groups excluding tert-OH is 1. The van der Waals surface area contributed by atoms with Crippen molar-refractivity contribution in [3.05, 3.63) is 35.4 Å². The Hall–Kier alpha value is -1.43. The minimum atomic E-state index is -0.489. The van der Waals surface area contributed by atoms with Crippen LogP contribution >= 0.6 is 0 Å². The maximum Gasteiger partial charge on any atom is 0.251 e. The number of nitrogens with one attached hydrogen (secondary N) is 1. The van der Waals surface area contributed by atoms with Gasteiger partial charge in [-0.15, -0.1) is 0 Å². The van der Waals surface area contributed by atoms with E-state index >= 15 is 0 Å². The zero-order chi connectivity index (χ0) is 17.6. The Morgan fingerprint density at radius 3 is 2.52 bits per heavy atom. The molecule has 3 rings (SSSR count). The van der Waals surface area contributed by atoms with Crippen LogP contribution in [0.15, 0.2) is 24.3 Å². The minimum absolute atomic E-state index is 0.102. The first-order valence-electron chi connectivity index (χ1n) is 9.50. The summed E-state index contributed by atoms with van der Waals surface area (Å²) in [5, 5.41) is 14.0. The second-order valence-corrected chi connectivity index (χ2v) is 7.30. The largest absolute Gasteiger partial charge is 0.389 e. The summed E-state index contributed by atoms with van der Waals surface area (Å²) in [6.45, 7) is 2.69. The van der Waals surface area contributed by atoms with Gasteiger partial charge in [-0.3, -0.25) is 9.69 Å². The highest BCUT2D eigenvalue weighted by atomic mass is 16.5. The van der Waals surface area contributed by atoms with Gasteiger partial charge in [0.15, 0.2) is 0 Å². The van der Waals surface area contributed by atoms with Crippen LogP contribution in [-0.2, 0) is 11.3 Å². The Morgan fingerprint density at radius 2 is 1.84 bits per heavy atom. The Labute approximate surface area is 150 Å². The van der Waals surface area contributed by atoms with Crippen molar-refractivity contribution in [1.29, 1.82) is 0 Å². The average molecular weight is 346 g/mol. The van der Waals surface area contributed by atoms with Crippen molar-refractivity contribution in [3.63, 3.8) is 0 Å². The van der Waals surface area contributed by atoms with E-state index in [4.69, 9.17) is 4.74 Å². The highest BCUT2D eigenvalue weighted by Crippen LogP contribution is 2.26. The van der Waals surface area contributed by atoms with Crippen LogP contribution in [0.25, 0.3) is 0 Å². The van der Waals surface area contributed by atoms with E-state index in [1.165, 1.54) is 12.8 Å². The van der Waals surface area contributed by atoms with Gasteiger partial charge < -0.3 is 15.2 Å². The third-order valence-electron chi connectivity index (χ3n) is 5.52. The highest BCUT2D eigenvalue weighted by Gasteiger charge is 2.35. The van der Waals surface area contributed by atoms with Gasteiger partial charge in [-0.05, 0) is 56.5 Å². The molecule has 5 heteroatoms. The summed E-state index contributed by atoms with van der Waals surface area (Å²) in [5.41, 5.74) is 1.68. The van der Waals surface area contributed by atoms with Gasteiger partial charge in [-0.2, -0.15) is 0 Å². The van der Waals surface area contributed by atoms with Crippen molar-refractivity contribution in [2.45, 2.75) is 63.3 Å². The molecule has 0 spiro atoms. The fraction of sp³-hybridized carbons (Fsp3) is 0.650. The smallest absolute Gasteiger partial charge is 0.251 e. The molecule has 1 amide bonds. The second-order valence-electron chi connectivity index (χ2n) is 7.30. The molecule has 1 aromatic carbocycles. The lowest BCUT2D eigenvalue weighted by molar-refractivity contribution is 0.0338. The molecule has 25 heavy (non-hydrogen) atoms. The number of methoxy groups -OCH3 is 1. The maximum atomic E-state index is 12.6. The van der Waals surface area contributed by atoms with E-state index < -0.39 is 6.10 Å². The Morgan fingerprint density at radius 1 is 1.16 bits per heavy atom. The normalized spacial score (nSPS) is 27.8. The molecule has 1 heterocycles. The van der Waals surface area contributed by atoms with Gasteiger partial charge in [-0.25, -0.2) is 0 Å². The highest BCUT2D eigenvalue weighted by molar-refractivity contribution is 5.94. The van der Waals surface area contributed by atoms with Gasteiger partial charge in [0, 0.05) is 18.7 Å². The summed E-state index contributed by atoms with van der Waals surface area (Å²) in [7, 11) is 1.66. The van der Waals surface area contributed by atoms with E-state index in [0.29, 0.717) is 12.2 Å². The lowest BCUT2D eigenvalue weighted by Gasteiger charge is -2.34. The fourth-order valence-electron chi connectivity index (χ4n) is 4.13. The van der Waals surface area contributed by atoms with E-state index in [-0.39, 0.29) is 18.0 Å². The van der Waals surface area contributed by atoms with E-state index in [1.54, 1.807) is 7.11 Å². The van der Waals surface area contributed by atoms with Gasteiger partial charge >= 0.3 is 0 Å². The van der Waals surface area contributed by atoms with Gasteiger partial charge in [-0.1, -0.05) is 25.0 Å². The van der Waals surface area contributed by atoms with Crippen LogP contribution in [0.1, 0.15) is 54.4 Å². The molecule has 2 fully saturated rings. The zero-order valence-electron chi connectivity index (χ0n) is 15.1. The maximum absolute atomic E-state index is 12.6. The van der Waals surface area contributed by atoms with E-state index in [0.717, 1.165) is 44.3 Å². The molecule has 138 valence electrons. The number of hydrogen-bond donors (Lipinski definition) is 2. The quantitative estimate of drug-likeness (QED) is 0.804. The van der Waals surface area contributed by atoms with Crippen molar-refractivity contribution >= 4 is 5.91 Å². The molecule has 1 aliphatic carbocycles. The summed E-state index contributed by atoms with van der Waals surface area (Å²) in [6.07, 6.45) is 5.99. The molecule has 1 saturated carbocycles. The molecule has 0 unspecified atom stereocenters. The van der Waals surface area contributed by atoms with E-state index in [2.05, 4.69) is 10.2 Å². The van der Waals surface area contributed by atoms with Crippen LogP contribution in [0.3, 0.4) is 0 Å². The molecule has 2 aliphatic rings. The van der Waals surface area contributed by atoms with E-state index in [9.17, 15) is 9.90 Å². The Bertz CT molecular complexity index is 555. The van der Waals surface area contributed by atoms with Crippen molar-refractivity contribution in [3.8, 4) is 0 Å². The molecule has 1 aliphatic heterocycles. The van der Waals surface area contributed by atoms with Crippen LogP contribution in [0, 0.1) is 0 Å². The number of amides is 1. The summed E-state index contributed by atoms with van der Waals surface area (Å²) in [5.74, 6) is -0.102. The Balaban J connectivity index is 1.64. The van der Waals surface area contributed by atoms with Crippen LogP contribution < -0.4 is 5.32 Å². The fourth-order valence-corrected chi connectivity index (χ4v) is 4.13. The summed E-state index contributed by atoms with van der Waals surface area (Å²) < 4.78 is 5.10. The van der Waals surface area contributed by atoms with Crippen LogP contribution in [0.4, 0.5) is 0 Å². The average Bonchev–Trinajstić information content (AvgIpc) is 3.09. The zero-order valence-corrected chi connectivity index (χ0v) is 15.1. The van der Waals surface area contributed by atoms with Crippen molar-refractivity contribution < 1.29 is 14.6 Å². The number of hydrogen-bond acceptors (Lipinski definition) is 4. The first-order chi connectivity index (χ1) is 12.2. The molecule has 5 nitrogen and oxygen atoms in total. The number of carbonyl (C=O) groups is 1. The second kappa shape index (κ2) is 8.79. The molecular weight excluding hydrogens is 316 g/mol. The third-order valence-corrected chi connectivity index (χ3v) is 5.52. The van der Waals surface area contributed by atoms with Gasteiger partial charge in [0.05, 0.1) is 18.8 Å². The number of nitrogens with zero attached hydrogens (tertiary/aromatic N) is 1. The van der Waals surface area contributed by atoms with Crippen LogP contribution in [-0.4, -0.2) is 54.3 Å². The van der Waals surface area contributed by atoms with Crippen molar-refractivity contribution in [2.75, 3.05) is 20.2 Å². The lowest BCUT2D eigenvalue weighted by Crippen LogP contribution is -2.52. The molecule has 1 saturated heterocycles. The molecule has 0 aromatic heterocycles. The standard InChI is InChI=1S/C20H30N2O3/c1-25-14-15-8-10-16(11-9-15)20(24)21-17-6-2-3-7-18(19(17)23)22-12-4-5-13-22/h8-11,17-19,23H,2-7,12-14H2,1H3,(H,21,24)/t17-,18-,19-/m1/s1. The molecule has 0 bridgehead atoms. The molecule has 3 atom stereocenters. The number of aliphatic hydroxyl groups is 1. The first kappa shape index (κ1) is 18.4. The first-order valence-corrected chi connectivity index (χ1v) is 9.50. The predicted molar refractivity (Wildman–Crippen MR) is 97.5 cm³/mol. The number of ether oxygens (including phenoxy) is 1. The van der Waals surface area contributed by atoms with Gasteiger partial charge in [0.1, 0.15) is 0 Å². The third kappa shape index (κ3) is 4.60. The number of benzene rings is 1. The molecule has 0 radical (unpaired) electrons. The molecule has 2 N–H and O–H groups in total. The number of carbonyl (C=O) groups excluding carboxylic acids is 1. The van der Waals surface area contributed by atoms with Gasteiger partial charge in [0.2, 0.25) is 0 Å². The monoisotopic (exact) mass is 346 g/mol. The Kier molecular flexibility index (Phi) is 6.45. The van der Waals surface area contributed by atoms with Crippen LogP contribution in [0.5, 0.6) is 0 Å². The molecular formula is C20H30N2O3. The minimum Gasteiger partial charge on any atom is -0.389 e. The molecule has 1 aromatic rings. The van der Waals surface area contributed by atoms with Crippen LogP contribution in [0.2, 0.25) is 0 Å².